The van der Waals surface area contributed by atoms with Crippen LogP contribution in [-0.4, -0.2) is 46.1 Å². The zero-order valence-corrected chi connectivity index (χ0v) is 13.8. The molecule has 0 aromatic carbocycles. The van der Waals surface area contributed by atoms with E-state index in [-0.39, 0.29) is 17.1 Å². The van der Waals surface area contributed by atoms with Gasteiger partial charge in [-0.15, -0.1) is 0 Å². The largest absolute Gasteiger partial charge is 0.392 e. The second-order valence-corrected chi connectivity index (χ2v) is 7.67. The zero-order chi connectivity index (χ0) is 15.6. The molecule has 1 aliphatic heterocycles. The van der Waals surface area contributed by atoms with Crippen LogP contribution in [0.2, 0.25) is 0 Å². The van der Waals surface area contributed by atoms with E-state index in [9.17, 15) is 13.5 Å². The smallest absolute Gasteiger partial charge is 0.262 e. The van der Waals surface area contributed by atoms with Gasteiger partial charge in [0.25, 0.3) is 10.0 Å². The number of sulfonamides is 1. The van der Waals surface area contributed by atoms with Gasteiger partial charge in [0.2, 0.25) is 0 Å². The summed E-state index contributed by atoms with van der Waals surface area (Å²) in [4.78, 5) is 4.08. The fourth-order valence-corrected chi connectivity index (χ4v) is 4.42. The SMILES string of the molecule is CC[C@H](C)n1cnc(S(=O)(=O)N2CCCC[C@H]2[C@H](C)O)c1. The first-order chi connectivity index (χ1) is 9.87. The third-order valence-corrected chi connectivity index (χ3v) is 6.12. The molecule has 3 atom stereocenters. The summed E-state index contributed by atoms with van der Waals surface area (Å²) in [6.07, 6.45) is 5.88. The lowest BCUT2D eigenvalue weighted by molar-refractivity contribution is 0.0830. The van der Waals surface area contributed by atoms with Gasteiger partial charge < -0.3 is 9.67 Å². The third-order valence-electron chi connectivity index (χ3n) is 4.31. The van der Waals surface area contributed by atoms with Crippen molar-refractivity contribution in [3.05, 3.63) is 12.5 Å². The van der Waals surface area contributed by atoms with Gasteiger partial charge in [-0.25, -0.2) is 13.4 Å². The predicted molar refractivity (Wildman–Crippen MR) is 80.4 cm³/mol. The number of piperidine rings is 1. The number of hydrogen-bond donors (Lipinski definition) is 1. The molecule has 7 heteroatoms. The average molecular weight is 315 g/mol. The second kappa shape index (κ2) is 6.46. The highest BCUT2D eigenvalue weighted by Crippen LogP contribution is 2.27. The molecule has 2 rings (SSSR count). The van der Waals surface area contributed by atoms with Gasteiger partial charge in [-0.05, 0) is 33.1 Å². The van der Waals surface area contributed by atoms with Crippen molar-refractivity contribution in [3.63, 3.8) is 0 Å². The number of nitrogens with zero attached hydrogens (tertiary/aromatic N) is 3. The first kappa shape index (κ1) is 16.5. The van der Waals surface area contributed by atoms with Gasteiger partial charge in [0, 0.05) is 18.8 Å². The third kappa shape index (κ3) is 3.30. The van der Waals surface area contributed by atoms with Gasteiger partial charge in [-0.2, -0.15) is 4.31 Å². The minimum Gasteiger partial charge on any atom is -0.392 e. The molecule has 6 nitrogen and oxygen atoms in total. The Morgan fingerprint density at radius 1 is 1.43 bits per heavy atom. The molecule has 0 saturated carbocycles. The highest BCUT2D eigenvalue weighted by molar-refractivity contribution is 7.89. The van der Waals surface area contributed by atoms with Crippen LogP contribution in [-0.2, 0) is 10.0 Å². The van der Waals surface area contributed by atoms with Gasteiger partial charge in [-0.1, -0.05) is 13.3 Å². The van der Waals surface area contributed by atoms with Crippen molar-refractivity contribution < 1.29 is 13.5 Å². The molecular formula is C14H25N3O3S. The number of aromatic nitrogens is 2. The van der Waals surface area contributed by atoms with Crippen molar-refractivity contribution in [2.24, 2.45) is 0 Å². The van der Waals surface area contributed by atoms with Crippen LogP contribution in [0, 0.1) is 0 Å². The standard InChI is InChI=1S/C14H25N3O3S/c1-4-11(2)16-9-14(15-10-16)21(19,20)17-8-6-5-7-13(17)12(3)18/h9-13,18H,4-8H2,1-3H3/t11-,12-,13-/m0/s1. The van der Waals surface area contributed by atoms with E-state index in [1.165, 1.54) is 4.31 Å². The van der Waals surface area contributed by atoms with Crippen LogP contribution in [0.15, 0.2) is 17.6 Å². The van der Waals surface area contributed by atoms with Crippen LogP contribution < -0.4 is 0 Å². The average Bonchev–Trinajstić information content (AvgIpc) is 2.97. The van der Waals surface area contributed by atoms with E-state index in [1.54, 1.807) is 19.4 Å². The van der Waals surface area contributed by atoms with Gasteiger partial charge in [0.15, 0.2) is 5.03 Å². The van der Waals surface area contributed by atoms with E-state index in [1.807, 2.05) is 18.4 Å². The van der Waals surface area contributed by atoms with Crippen LogP contribution in [0.3, 0.4) is 0 Å². The lowest BCUT2D eigenvalue weighted by atomic mass is 10.0. The first-order valence-corrected chi connectivity index (χ1v) is 9.05. The van der Waals surface area contributed by atoms with Crippen molar-refractivity contribution in [3.8, 4) is 0 Å². The van der Waals surface area contributed by atoms with E-state index >= 15 is 0 Å². The van der Waals surface area contributed by atoms with Crippen LogP contribution >= 0.6 is 0 Å². The molecule has 1 N–H and O–H groups in total. The molecule has 1 aromatic heterocycles. The molecule has 1 saturated heterocycles. The zero-order valence-electron chi connectivity index (χ0n) is 12.9. The lowest BCUT2D eigenvalue weighted by Gasteiger charge is -2.35. The Kier molecular flexibility index (Phi) is 5.06. The fraction of sp³-hybridized carbons (Fsp3) is 0.786. The molecule has 1 aromatic rings. The summed E-state index contributed by atoms with van der Waals surface area (Å²) >= 11 is 0. The quantitative estimate of drug-likeness (QED) is 0.898. The Morgan fingerprint density at radius 3 is 2.76 bits per heavy atom. The summed E-state index contributed by atoms with van der Waals surface area (Å²) in [5.41, 5.74) is 0. The van der Waals surface area contributed by atoms with Crippen molar-refractivity contribution >= 4 is 10.0 Å². The molecule has 1 aliphatic rings. The molecule has 0 unspecified atom stereocenters. The van der Waals surface area contributed by atoms with Crippen LogP contribution in [0.1, 0.15) is 52.5 Å². The summed E-state index contributed by atoms with van der Waals surface area (Å²) in [6.45, 7) is 6.18. The molecule has 1 fully saturated rings. The predicted octanol–water partition coefficient (Wildman–Crippen LogP) is 1.78. The number of imidazole rings is 1. The molecule has 0 spiro atoms. The summed E-state index contributed by atoms with van der Waals surface area (Å²) in [5, 5.41) is 9.94. The molecule has 0 aliphatic carbocycles. The summed E-state index contributed by atoms with van der Waals surface area (Å²) in [5.74, 6) is 0. The molecule has 2 heterocycles. The van der Waals surface area contributed by atoms with Crippen molar-refractivity contribution in [2.45, 2.75) is 69.7 Å². The van der Waals surface area contributed by atoms with Gasteiger partial charge in [0.05, 0.1) is 18.5 Å². The fourth-order valence-electron chi connectivity index (χ4n) is 2.73. The number of rotatable bonds is 5. The summed E-state index contributed by atoms with van der Waals surface area (Å²) < 4.78 is 28.8. The maximum atomic E-state index is 12.8. The number of aliphatic hydroxyl groups excluding tert-OH is 1. The molecule has 0 bridgehead atoms. The van der Waals surface area contributed by atoms with Crippen LogP contribution in [0.4, 0.5) is 0 Å². The molecule has 21 heavy (non-hydrogen) atoms. The Bertz CT molecular complexity index is 568. The Labute approximate surface area is 126 Å². The molecule has 120 valence electrons. The highest BCUT2D eigenvalue weighted by atomic mass is 32.2. The monoisotopic (exact) mass is 315 g/mol. The summed E-state index contributed by atoms with van der Waals surface area (Å²) in [7, 11) is -3.64. The van der Waals surface area contributed by atoms with Crippen molar-refractivity contribution in [1.82, 2.24) is 13.9 Å². The van der Waals surface area contributed by atoms with E-state index in [2.05, 4.69) is 4.98 Å². The Hall–Kier alpha value is -0.920. The Morgan fingerprint density at radius 2 is 2.14 bits per heavy atom. The molecular weight excluding hydrogens is 290 g/mol. The van der Waals surface area contributed by atoms with Crippen molar-refractivity contribution in [2.75, 3.05) is 6.54 Å². The minimum absolute atomic E-state index is 0.0790. The minimum atomic E-state index is -3.64. The molecule has 0 amide bonds. The van der Waals surface area contributed by atoms with Gasteiger partial charge in [0.1, 0.15) is 0 Å². The topological polar surface area (TPSA) is 75.4 Å². The molecule has 0 radical (unpaired) electrons. The number of hydrogen-bond acceptors (Lipinski definition) is 4. The van der Waals surface area contributed by atoms with E-state index < -0.39 is 16.1 Å². The highest BCUT2D eigenvalue weighted by Gasteiger charge is 2.37. The lowest BCUT2D eigenvalue weighted by Crippen LogP contribution is -2.48. The Balaban J connectivity index is 2.29. The second-order valence-electron chi connectivity index (χ2n) is 5.84. The number of aliphatic hydroxyl groups is 1. The van der Waals surface area contributed by atoms with Crippen LogP contribution in [0.5, 0.6) is 0 Å². The van der Waals surface area contributed by atoms with E-state index in [4.69, 9.17) is 0 Å². The van der Waals surface area contributed by atoms with Crippen molar-refractivity contribution in [1.29, 1.82) is 0 Å². The van der Waals surface area contributed by atoms with Crippen LogP contribution in [0.25, 0.3) is 0 Å². The van der Waals surface area contributed by atoms with E-state index in [0.717, 1.165) is 19.3 Å². The summed E-state index contributed by atoms with van der Waals surface area (Å²) in [6, 6.07) is -0.132. The maximum Gasteiger partial charge on any atom is 0.262 e. The van der Waals surface area contributed by atoms with Gasteiger partial charge in [-0.3, -0.25) is 0 Å². The van der Waals surface area contributed by atoms with Gasteiger partial charge >= 0.3 is 0 Å². The first-order valence-electron chi connectivity index (χ1n) is 7.61. The maximum absolute atomic E-state index is 12.8. The normalized spacial score (nSPS) is 23.9. The van der Waals surface area contributed by atoms with E-state index in [0.29, 0.717) is 13.0 Å².